The van der Waals surface area contributed by atoms with E-state index in [1.165, 1.54) is 24.9 Å². The van der Waals surface area contributed by atoms with Crippen molar-refractivity contribution in [1.29, 1.82) is 0 Å². The Labute approximate surface area is 131 Å². The van der Waals surface area contributed by atoms with Crippen molar-refractivity contribution in [2.75, 3.05) is 18.5 Å². The Morgan fingerprint density at radius 3 is 2.57 bits per heavy atom. The molecule has 0 bridgehead atoms. The van der Waals surface area contributed by atoms with Gasteiger partial charge in [-0.3, -0.25) is 9.59 Å². The maximum atomic E-state index is 13.3. The molecule has 124 valence electrons. The molecule has 23 heavy (non-hydrogen) atoms. The monoisotopic (exact) mass is 326 g/mol. The van der Waals surface area contributed by atoms with Gasteiger partial charge in [0.05, 0.1) is 0 Å². The van der Waals surface area contributed by atoms with E-state index in [-0.39, 0.29) is 18.7 Å². The number of amides is 2. The molecule has 1 aromatic rings. The number of likely N-dealkylation sites (N-methyl/N-ethyl adjacent to an activating group) is 1. The number of halogens is 2. The van der Waals surface area contributed by atoms with Crippen LogP contribution in [0.3, 0.4) is 0 Å². The number of carboxylic acid groups (broad SMARTS) is 1. The molecule has 6 nitrogen and oxygen atoms in total. The van der Waals surface area contributed by atoms with Gasteiger partial charge in [-0.25, -0.2) is 13.6 Å². The number of hydrogen-bond acceptors (Lipinski definition) is 3. The summed E-state index contributed by atoms with van der Waals surface area (Å²) < 4.78 is 26.2. The second-order valence-corrected chi connectivity index (χ2v) is 5.39. The number of rotatable bonds is 4. The van der Waals surface area contributed by atoms with Crippen LogP contribution in [-0.2, 0) is 14.4 Å². The summed E-state index contributed by atoms with van der Waals surface area (Å²) in [7, 11) is 1.31. The van der Waals surface area contributed by atoms with Crippen molar-refractivity contribution in [2.45, 2.75) is 19.4 Å². The number of carbonyl (C=O) groups is 3. The van der Waals surface area contributed by atoms with Crippen molar-refractivity contribution in [2.24, 2.45) is 5.92 Å². The Bertz CT molecular complexity index is 665. The van der Waals surface area contributed by atoms with Crippen LogP contribution in [0.2, 0.25) is 0 Å². The highest BCUT2D eigenvalue weighted by atomic mass is 19.2. The van der Waals surface area contributed by atoms with E-state index in [0.29, 0.717) is 0 Å². The van der Waals surface area contributed by atoms with Crippen LogP contribution in [-0.4, -0.2) is 47.4 Å². The summed E-state index contributed by atoms with van der Waals surface area (Å²) in [6, 6.07) is 2.00. The molecule has 1 saturated heterocycles. The highest BCUT2D eigenvalue weighted by Crippen LogP contribution is 2.27. The number of hydrogen-bond donors (Lipinski definition) is 1. The summed E-state index contributed by atoms with van der Waals surface area (Å²) in [5.41, 5.74) is 0.165. The van der Waals surface area contributed by atoms with E-state index in [1.807, 2.05) is 0 Å². The van der Waals surface area contributed by atoms with Gasteiger partial charge < -0.3 is 14.9 Å². The molecule has 0 saturated carbocycles. The second kappa shape index (κ2) is 6.31. The van der Waals surface area contributed by atoms with E-state index >= 15 is 0 Å². The van der Waals surface area contributed by atoms with Crippen LogP contribution in [0.25, 0.3) is 0 Å². The molecule has 1 N–H and O–H groups in total. The Hall–Kier alpha value is -2.51. The Morgan fingerprint density at radius 1 is 1.35 bits per heavy atom. The number of carbonyl (C=O) groups excluding carboxylic acids is 2. The molecular weight excluding hydrogens is 310 g/mol. The fraction of sp³-hybridized carbons (Fsp3) is 0.400. The lowest BCUT2D eigenvalue weighted by Gasteiger charge is -2.24. The maximum absolute atomic E-state index is 13.3. The Morgan fingerprint density at radius 2 is 2.00 bits per heavy atom. The zero-order valence-electron chi connectivity index (χ0n) is 12.6. The quantitative estimate of drug-likeness (QED) is 0.845. The van der Waals surface area contributed by atoms with Gasteiger partial charge >= 0.3 is 5.97 Å². The van der Waals surface area contributed by atoms with Gasteiger partial charge in [-0.15, -0.1) is 0 Å². The van der Waals surface area contributed by atoms with Gasteiger partial charge in [-0.05, 0) is 25.5 Å². The third-order valence-electron chi connectivity index (χ3n) is 4.00. The molecule has 2 amide bonds. The van der Waals surface area contributed by atoms with E-state index in [0.717, 1.165) is 17.0 Å². The van der Waals surface area contributed by atoms with Crippen LogP contribution >= 0.6 is 0 Å². The van der Waals surface area contributed by atoms with Crippen LogP contribution in [0.15, 0.2) is 18.2 Å². The van der Waals surface area contributed by atoms with Gasteiger partial charge in [0.2, 0.25) is 11.8 Å². The van der Waals surface area contributed by atoms with Crippen LogP contribution in [0.4, 0.5) is 14.5 Å². The third kappa shape index (κ3) is 3.15. The molecule has 0 unspecified atom stereocenters. The molecule has 1 aliphatic rings. The predicted octanol–water partition coefficient (Wildman–Crippen LogP) is 1.25. The minimum Gasteiger partial charge on any atom is -0.480 e. The van der Waals surface area contributed by atoms with E-state index in [9.17, 15) is 23.2 Å². The van der Waals surface area contributed by atoms with Gasteiger partial charge in [-0.1, -0.05) is 0 Å². The van der Waals surface area contributed by atoms with Crippen molar-refractivity contribution in [3.8, 4) is 0 Å². The summed E-state index contributed by atoms with van der Waals surface area (Å²) in [4.78, 5) is 37.8. The number of nitrogens with zero attached hydrogens (tertiary/aromatic N) is 2. The maximum Gasteiger partial charge on any atom is 0.326 e. The smallest absolute Gasteiger partial charge is 0.326 e. The SMILES string of the molecule is C[C@H](C(=O)O)N(C)C(=O)[C@@H]1CCN(c2ccc(F)c(F)c2)C1=O. The molecule has 1 aliphatic heterocycles. The molecular formula is C15H16F2N2O4. The predicted molar refractivity (Wildman–Crippen MR) is 76.7 cm³/mol. The highest BCUT2D eigenvalue weighted by molar-refractivity contribution is 6.10. The molecule has 1 heterocycles. The van der Waals surface area contributed by atoms with Crippen molar-refractivity contribution in [1.82, 2.24) is 4.90 Å². The summed E-state index contributed by atoms with van der Waals surface area (Å²) in [5.74, 6) is -5.45. The molecule has 8 heteroatoms. The van der Waals surface area contributed by atoms with Crippen LogP contribution in [0, 0.1) is 17.6 Å². The van der Waals surface area contributed by atoms with Crippen molar-refractivity contribution in [3.05, 3.63) is 29.8 Å². The minimum atomic E-state index is -1.18. The topological polar surface area (TPSA) is 77.9 Å². The first kappa shape index (κ1) is 16.9. The molecule has 0 spiro atoms. The summed E-state index contributed by atoms with van der Waals surface area (Å²) in [6.45, 7) is 1.52. The fourth-order valence-electron chi connectivity index (χ4n) is 2.42. The molecule has 2 atom stereocenters. The highest BCUT2D eigenvalue weighted by Gasteiger charge is 2.40. The average molecular weight is 326 g/mol. The largest absolute Gasteiger partial charge is 0.480 e. The zero-order chi connectivity index (χ0) is 17.3. The lowest BCUT2D eigenvalue weighted by Crippen LogP contribution is -2.45. The normalized spacial score (nSPS) is 18.9. The van der Waals surface area contributed by atoms with Gasteiger partial charge in [0.15, 0.2) is 11.6 Å². The van der Waals surface area contributed by atoms with E-state index in [1.54, 1.807) is 0 Å². The Kier molecular flexibility index (Phi) is 4.63. The number of carboxylic acids is 1. The van der Waals surface area contributed by atoms with Gasteiger partial charge in [0.1, 0.15) is 12.0 Å². The second-order valence-electron chi connectivity index (χ2n) is 5.39. The fourth-order valence-corrected chi connectivity index (χ4v) is 2.42. The van der Waals surface area contributed by atoms with Crippen molar-refractivity contribution < 1.29 is 28.3 Å². The first-order chi connectivity index (χ1) is 10.7. The van der Waals surface area contributed by atoms with Gasteiger partial charge in [0, 0.05) is 25.3 Å². The minimum absolute atomic E-state index is 0.165. The average Bonchev–Trinajstić information content (AvgIpc) is 2.89. The molecule has 1 fully saturated rings. The number of anilines is 1. The first-order valence-corrected chi connectivity index (χ1v) is 7.00. The van der Waals surface area contributed by atoms with E-state index in [2.05, 4.69) is 0 Å². The third-order valence-corrected chi connectivity index (χ3v) is 4.00. The van der Waals surface area contributed by atoms with E-state index < -0.39 is 41.4 Å². The molecule has 0 radical (unpaired) electrons. The van der Waals surface area contributed by atoms with Crippen molar-refractivity contribution >= 4 is 23.5 Å². The standard InChI is InChI=1S/C15H16F2N2O4/c1-8(15(22)23)18(2)13(20)10-5-6-19(14(10)21)9-3-4-11(16)12(17)7-9/h3-4,7-8,10H,5-6H2,1-2H3,(H,22,23)/t8-,10+/m1/s1. The molecule has 0 aliphatic carbocycles. The van der Waals surface area contributed by atoms with E-state index in [4.69, 9.17) is 5.11 Å². The van der Waals surface area contributed by atoms with Crippen LogP contribution < -0.4 is 4.90 Å². The summed E-state index contributed by atoms with van der Waals surface area (Å²) >= 11 is 0. The summed E-state index contributed by atoms with van der Waals surface area (Å²) in [6.07, 6.45) is 0.188. The molecule has 1 aromatic carbocycles. The van der Waals surface area contributed by atoms with Crippen LogP contribution in [0.1, 0.15) is 13.3 Å². The van der Waals surface area contributed by atoms with Gasteiger partial charge in [0.25, 0.3) is 0 Å². The number of benzene rings is 1. The van der Waals surface area contributed by atoms with Crippen LogP contribution in [0.5, 0.6) is 0 Å². The lowest BCUT2D eigenvalue weighted by molar-refractivity contribution is -0.151. The molecule has 0 aromatic heterocycles. The zero-order valence-corrected chi connectivity index (χ0v) is 12.6. The van der Waals surface area contributed by atoms with Crippen molar-refractivity contribution in [3.63, 3.8) is 0 Å². The number of aliphatic carboxylic acids is 1. The molecule has 2 rings (SSSR count). The lowest BCUT2D eigenvalue weighted by atomic mass is 10.1. The Balaban J connectivity index is 2.16. The first-order valence-electron chi connectivity index (χ1n) is 7.00. The van der Waals surface area contributed by atoms with Gasteiger partial charge in [-0.2, -0.15) is 0 Å². The summed E-state index contributed by atoms with van der Waals surface area (Å²) in [5, 5.41) is 8.93.